The molecule has 1 aliphatic rings. The highest BCUT2D eigenvalue weighted by Crippen LogP contribution is 2.48. The summed E-state index contributed by atoms with van der Waals surface area (Å²) in [6.45, 7) is 0. The third-order valence-corrected chi connectivity index (χ3v) is 5.67. The lowest BCUT2D eigenvalue weighted by Gasteiger charge is -2.30. The fourth-order valence-electron chi connectivity index (χ4n) is 1.88. The molecule has 0 spiro atoms. The first-order valence-corrected chi connectivity index (χ1v) is 7.11. The smallest absolute Gasteiger partial charge is 0.0719 e. The van der Waals surface area contributed by atoms with E-state index < -0.39 is 0 Å². The summed E-state index contributed by atoms with van der Waals surface area (Å²) in [5, 5.41) is 0. The molecule has 2 heteroatoms. The maximum atomic E-state index is 2.66. The van der Waals surface area contributed by atoms with Crippen LogP contribution in [-0.2, 0) is 0 Å². The Labute approximate surface area is 104 Å². The van der Waals surface area contributed by atoms with Crippen molar-refractivity contribution in [2.24, 2.45) is 0 Å². The number of hydrogen-bond acceptors (Lipinski definition) is 1. The van der Waals surface area contributed by atoms with Crippen molar-refractivity contribution < 1.29 is 0 Å². The van der Waals surface area contributed by atoms with Gasteiger partial charge < -0.3 is 0 Å². The second kappa shape index (κ2) is 4.88. The van der Waals surface area contributed by atoms with E-state index in [1.54, 1.807) is 0 Å². The molecule has 0 aromatic heterocycles. The molecule has 0 bridgehead atoms. The summed E-state index contributed by atoms with van der Waals surface area (Å²) in [6.07, 6.45) is 6.98. The molecule has 1 fully saturated rings. The maximum absolute atomic E-state index is 2.66. The van der Waals surface area contributed by atoms with Crippen molar-refractivity contribution in [3.8, 4) is 0 Å². The van der Waals surface area contributed by atoms with Gasteiger partial charge in [-0.3, -0.25) is 0 Å². The Kier molecular flexibility index (Phi) is 3.77. The van der Waals surface area contributed by atoms with E-state index in [1.165, 1.54) is 37.0 Å². The Hall–Kier alpha value is 0.300. The molecule has 1 aromatic rings. The normalized spacial score (nSPS) is 20.6. The Balaban J connectivity index is 2.02. The van der Waals surface area contributed by atoms with Crippen LogP contribution in [0.3, 0.4) is 0 Å². The standard InChI is InChI=1S/C12H15IS/c13-12(9-5-2-6-10-12)14-11-7-3-1-4-8-11/h1,3-4,7-8H,2,5-6,9-10H2. The van der Waals surface area contributed by atoms with Crippen LogP contribution in [0.25, 0.3) is 0 Å². The van der Waals surface area contributed by atoms with Crippen LogP contribution in [0.5, 0.6) is 0 Å². The largest absolute Gasteiger partial charge is 0.109 e. The Morgan fingerprint density at radius 1 is 1.00 bits per heavy atom. The fraction of sp³-hybridized carbons (Fsp3) is 0.500. The van der Waals surface area contributed by atoms with Gasteiger partial charge in [-0.2, -0.15) is 0 Å². The van der Waals surface area contributed by atoms with Gasteiger partial charge in [0.05, 0.1) is 2.75 Å². The molecule has 0 N–H and O–H groups in total. The Morgan fingerprint density at radius 2 is 1.64 bits per heavy atom. The summed E-state index contributed by atoms with van der Waals surface area (Å²) in [4.78, 5) is 1.42. The molecule has 0 aliphatic heterocycles. The molecule has 1 aliphatic carbocycles. The van der Waals surface area contributed by atoms with Crippen LogP contribution in [0.2, 0.25) is 0 Å². The van der Waals surface area contributed by atoms with Gasteiger partial charge in [-0.1, -0.05) is 60.1 Å². The number of thioether (sulfide) groups is 1. The van der Waals surface area contributed by atoms with E-state index >= 15 is 0 Å². The van der Waals surface area contributed by atoms with Crippen molar-refractivity contribution in [2.45, 2.75) is 39.8 Å². The average molecular weight is 318 g/mol. The van der Waals surface area contributed by atoms with E-state index in [1.807, 2.05) is 0 Å². The topological polar surface area (TPSA) is 0 Å². The first kappa shape index (κ1) is 10.8. The SMILES string of the molecule is IC1(Sc2ccccc2)CCCCC1. The van der Waals surface area contributed by atoms with Crippen molar-refractivity contribution in [3.05, 3.63) is 30.3 Å². The molecule has 2 rings (SSSR count). The zero-order chi connectivity index (χ0) is 9.86. The summed E-state index contributed by atoms with van der Waals surface area (Å²) in [6, 6.07) is 10.8. The van der Waals surface area contributed by atoms with Crippen LogP contribution in [0.4, 0.5) is 0 Å². The maximum Gasteiger partial charge on any atom is 0.0719 e. The third kappa shape index (κ3) is 2.89. The summed E-state index contributed by atoms with van der Waals surface area (Å²) >= 11 is 4.71. The molecule has 1 aromatic carbocycles. The summed E-state index contributed by atoms with van der Waals surface area (Å²) in [7, 11) is 0. The first-order valence-electron chi connectivity index (χ1n) is 5.22. The zero-order valence-corrected chi connectivity index (χ0v) is 11.2. The van der Waals surface area contributed by atoms with Crippen LogP contribution < -0.4 is 0 Å². The molecule has 0 saturated heterocycles. The molecule has 14 heavy (non-hydrogen) atoms. The molecule has 0 nitrogen and oxygen atoms in total. The molecule has 0 unspecified atom stereocenters. The van der Waals surface area contributed by atoms with Gasteiger partial charge in [-0.15, -0.1) is 11.8 Å². The minimum atomic E-state index is 0.470. The minimum absolute atomic E-state index is 0.470. The lowest BCUT2D eigenvalue weighted by molar-refractivity contribution is 0.504. The molecule has 0 amide bonds. The van der Waals surface area contributed by atoms with E-state index in [-0.39, 0.29) is 0 Å². The molecular weight excluding hydrogens is 303 g/mol. The quantitative estimate of drug-likeness (QED) is 0.553. The van der Waals surface area contributed by atoms with E-state index in [4.69, 9.17) is 0 Å². The molecule has 0 heterocycles. The highest BCUT2D eigenvalue weighted by atomic mass is 127. The van der Waals surface area contributed by atoms with Gasteiger partial charge in [-0.25, -0.2) is 0 Å². The predicted molar refractivity (Wildman–Crippen MR) is 72.1 cm³/mol. The van der Waals surface area contributed by atoms with Gasteiger partial charge >= 0.3 is 0 Å². The second-order valence-electron chi connectivity index (χ2n) is 3.86. The molecule has 0 atom stereocenters. The number of halogens is 1. The van der Waals surface area contributed by atoms with Crippen molar-refractivity contribution >= 4 is 34.4 Å². The Morgan fingerprint density at radius 3 is 2.29 bits per heavy atom. The molecule has 1 saturated carbocycles. The van der Waals surface area contributed by atoms with Gasteiger partial charge in [0.1, 0.15) is 0 Å². The second-order valence-corrected chi connectivity index (χ2v) is 8.11. The van der Waals surface area contributed by atoms with Crippen molar-refractivity contribution in [2.75, 3.05) is 0 Å². The highest BCUT2D eigenvalue weighted by molar-refractivity contribution is 14.1. The lowest BCUT2D eigenvalue weighted by Crippen LogP contribution is -2.19. The summed E-state index contributed by atoms with van der Waals surface area (Å²) in [5.41, 5.74) is 0. The minimum Gasteiger partial charge on any atom is -0.109 e. The highest BCUT2D eigenvalue weighted by Gasteiger charge is 2.29. The zero-order valence-electron chi connectivity index (χ0n) is 8.21. The Bertz CT molecular complexity index is 278. The molecular formula is C12H15IS. The van der Waals surface area contributed by atoms with Gasteiger partial charge in [-0.05, 0) is 25.0 Å². The van der Waals surface area contributed by atoms with E-state index in [0.29, 0.717) is 2.75 Å². The van der Waals surface area contributed by atoms with Crippen molar-refractivity contribution in [1.82, 2.24) is 0 Å². The van der Waals surface area contributed by atoms with Crippen LogP contribution >= 0.6 is 34.4 Å². The van der Waals surface area contributed by atoms with Crippen LogP contribution in [0.15, 0.2) is 35.2 Å². The summed E-state index contributed by atoms with van der Waals surface area (Å²) < 4.78 is 0.470. The first-order chi connectivity index (χ1) is 6.79. The molecule has 0 radical (unpaired) electrons. The fourth-order valence-corrected chi connectivity index (χ4v) is 4.62. The number of alkyl halides is 1. The monoisotopic (exact) mass is 318 g/mol. The lowest BCUT2D eigenvalue weighted by atomic mass is 10.0. The van der Waals surface area contributed by atoms with Gasteiger partial charge in [0.15, 0.2) is 0 Å². The van der Waals surface area contributed by atoms with Gasteiger partial charge in [0.25, 0.3) is 0 Å². The summed E-state index contributed by atoms with van der Waals surface area (Å²) in [5.74, 6) is 0. The number of rotatable bonds is 2. The van der Waals surface area contributed by atoms with Gasteiger partial charge in [0.2, 0.25) is 0 Å². The van der Waals surface area contributed by atoms with Crippen LogP contribution in [0, 0.1) is 0 Å². The number of benzene rings is 1. The van der Waals surface area contributed by atoms with Crippen LogP contribution in [0.1, 0.15) is 32.1 Å². The van der Waals surface area contributed by atoms with E-state index in [0.717, 1.165) is 0 Å². The number of hydrogen-bond donors (Lipinski definition) is 0. The van der Waals surface area contributed by atoms with Crippen molar-refractivity contribution in [1.29, 1.82) is 0 Å². The third-order valence-electron chi connectivity index (χ3n) is 2.64. The molecule has 76 valence electrons. The average Bonchev–Trinajstić information content (AvgIpc) is 2.19. The van der Waals surface area contributed by atoms with E-state index in [2.05, 4.69) is 64.7 Å². The van der Waals surface area contributed by atoms with Crippen LogP contribution in [-0.4, -0.2) is 2.75 Å². The van der Waals surface area contributed by atoms with Gasteiger partial charge in [0, 0.05) is 4.90 Å². The predicted octanol–water partition coefficient (Wildman–Crippen LogP) is 4.87. The van der Waals surface area contributed by atoms with Crippen molar-refractivity contribution in [3.63, 3.8) is 0 Å². The van der Waals surface area contributed by atoms with E-state index in [9.17, 15) is 0 Å².